The van der Waals surface area contributed by atoms with Crippen molar-refractivity contribution < 1.29 is 9.26 Å². The summed E-state index contributed by atoms with van der Waals surface area (Å²) < 4.78 is 12.4. The summed E-state index contributed by atoms with van der Waals surface area (Å²) in [7, 11) is 1.64. The van der Waals surface area contributed by atoms with Crippen LogP contribution in [0.1, 0.15) is 25.7 Å². The molecule has 2 heterocycles. The van der Waals surface area contributed by atoms with Gasteiger partial charge in [-0.15, -0.1) is 0 Å². The highest BCUT2D eigenvalue weighted by Crippen LogP contribution is 2.20. The first-order valence-electron chi connectivity index (χ1n) is 7.87. The van der Waals surface area contributed by atoms with Crippen LogP contribution in [0.25, 0.3) is 11.5 Å². The summed E-state index contributed by atoms with van der Waals surface area (Å²) in [5.41, 5.74) is 0.868. The zero-order chi connectivity index (χ0) is 16.9. The Balaban J connectivity index is 1.59. The average molecular weight is 327 g/mol. The Kier molecular flexibility index (Phi) is 4.90. The first-order chi connectivity index (χ1) is 11.7. The summed E-state index contributed by atoms with van der Waals surface area (Å²) >= 11 is 0. The highest BCUT2D eigenvalue weighted by atomic mass is 16.5. The van der Waals surface area contributed by atoms with Crippen LogP contribution in [-0.4, -0.2) is 33.1 Å². The predicted octanol–water partition coefficient (Wildman–Crippen LogP) is 2.68. The number of aromatic nitrogens is 4. The van der Waals surface area contributed by atoms with Crippen LogP contribution in [-0.2, 0) is 6.54 Å². The van der Waals surface area contributed by atoms with Gasteiger partial charge in [0.2, 0.25) is 0 Å². The number of nitrogens with zero attached hydrogens (tertiary/aromatic N) is 4. The number of nitrogens with one attached hydrogen (secondary N) is 1. The molecule has 0 aliphatic heterocycles. The Morgan fingerprint density at radius 3 is 2.71 bits per heavy atom. The number of rotatable bonds is 7. The smallest absolute Gasteiger partial charge is 0.257 e. The van der Waals surface area contributed by atoms with E-state index >= 15 is 0 Å². The van der Waals surface area contributed by atoms with Gasteiger partial charge in [0, 0.05) is 24.0 Å². The quantitative estimate of drug-likeness (QED) is 0.719. The van der Waals surface area contributed by atoms with E-state index in [1.807, 2.05) is 41.2 Å². The Bertz CT molecular complexity index is 752. The largest absolute Gasteiger partial charge is 0.497 e. The van der Waals surface area contributed by atoms with E-state index in [-0.39, 0.29) is 12.1 Å². The molecule has 0 bridgehead atoms. The first kappa shape index (κ1) is 16.2. The van der Waals surface area contributed by atoms with E-state index in [0.717, 1.165) is 11.3 Å². The second-order valence-corrected chi connectivity index (χ2v) is 5.64. The molecule has 1 N–H and O–H groups in total. The third-order valence-corrected chi connectivity index (χ3v) is 4.05. The topological polar surface area (TPSA) is 78.0 Å². The van der Waals surface area contributed by atoms with Gasteiger partial charge in [-0.05, 0) is 44.2 Å². The van der Waals surface area contributed by atoms with Gasteiger partial charge in [0.1, 0.15) is 5.75 Å². The molecule has 0 aliphatic rings. The summed E-state index contributed by atoms with van der Waals surface area (Å²) in [4.78, 5) is 4.43. The van der Waals surface area contributed by atoms with E-state index < -0.39 is 0 Å². The highest BCUT2D eigenvalue weighted by Gasteiger charge is 2.15. The summed E-state index contributed by atoms with van der Waals surface area (Å²) in [5, 5.41) is 11.7. The molecule has 0 amide bonds. The van der Waals surface area contributed by atoms with Gasteiger partial charge in [0.15, 0.2) is 5.82 Å². The molecule has 7 nitrogen and oxygen atoms in total. The molecular formula is C17H21N5O2. The highest BCUT2D eigenvalue weighted by molar-refractivity contribution is 5.54. The van der Waals surface area contributed by atoms with E-state index in [9.17, 15) is 0 Å². The lowest BCUT2D eigenvalue weighted by Gasteiger charge is -2.20. The molecule has 24 heavy (non-hydrogen) atoms. The number of methoxy groups -OCH3 is 1. The number of benzene rings is 1. The molecule has 0 saturated heterocycles. The van der Waals surface area contributed by atoms with Crippen LogP contribution in [0.5, 0.6) is 5.75 Å². The lowest BCUT2D eigenvalue weighted by molar-refractivity contribution is 0.357. The minimum atomic E-state index is 0.216. The fourth-order valence-corrected chi connectivity index (χ4v) is 2.35. The van der Waals surface area contributed by atoms with Crippen LogP contribution in [0.3, 0.4) is 0 Å². The second-order valence-electron chi connectivity index (χ2n) is 5.64. The molecule has 0 fully saturated rings. The van der Waals surface area contributed by atoms with Crippen LogP contribution in [0.2, 0.25) is 0 Å². The predicted molar refractivity (Wildman–Crippen MR) is 89.5 cm³/mol. The summed E-state index contributed by atoms with van der Waals surface area (Å²) in [5.74, 6) is 1.92. The Hall–Kier alpha value is -2.67. The van der Waals surface area contributed by atoms with E-state index in [2.05, 4.69) is 34.4 Å². The van der Waals surface area contributed by atoms with Crippen molar-refractivity contribution in [3.8, 4) is 17.2 Å². The maximum absolute atomic E-state index is 5.33. The van der Waals surface area contributed by atoms with E-state index in [4.69, 9.17) is 9.26 Å². The molecule has 0 radical (unpaired) electrons. The van der Waals surface area contributed by atoms with Crippen molar-refractivity contribution in [3.05, 3.63) is 48.5 Å². The monoisotopic (exact) mass is 327 g/mol. The molecule has 0 spiro atoms. The van der Waals surface area contributed by atoms with Gasteiger partial charge in [-0.1, -0.05) is 5.16 Å². The zero-order valence-corrected chi connectivity index (χ0v) is 14.0. The molecule has 2 aromatic heterocycles. The van der Waals surface area contributed by atoms with Crippen LogP contribution in [0, 0.1) is 0 Å². The normalized spacial score (nSPS) is 13.6. The van der Waals surface area contributed by atoms with Crippen LogP contribution in [0.4, 0.5) is 0 Å². The second kappa shape index (κ2) is 7.27. The van der Waals surface area contributed by atoms with Crippen molar-refractivity contribution in [2.45, 2.75) is 32.5 Å². The van der Waals surface area contributed by atoms with E-state index in [0.29, 0.717) is 18.3 Å². The van der Waals surface area contributed by atoms with Gasteiger partial charge in [-0.3, -0.25) is 4.68 Å². The minimum absolute atomic E-state index is 0.216. The Labute approximate surface area is 140 Å². The van der Waals surface area contributed by atoms with Crippen molar-refractivity contribution in [1.82, 2.24) is 25.2 Å². The van der Waals surface area contributed by atoms with Gasteiger partial charge in [0.25, 0.3) is 5.89 Å². The molecule has 0 aliphatic carbocycles. The van der Waals surface area contributed by atoms with E-state index in [1.165, 1.54) is 0 Å². The van der Waals surface area contributed by atoms with Crippen LogP contribution in [0.15, 0.2) is 47.2 Å². The van der Waals surface area contributed by atoms with Gasteiger partial charge in [0.05, 0.1) is 19.7 Å². The molecular weight excluding hydrogens is 306 g/mol. The summed E-state index contributed by atoms with van der Waals surface area (Å²) in [6.07, 6.45) is 3.74. The van der Waals surface area contributed by atoms with Crippen LogP contribution < -0.4 is 10.1 Å². The Morgan fingerprint density at radius 2 is 2.04 bits per heavy atom. The third kappa shape index (κ3) is 3.62. The fourth-order valence-electron chi connectivity index (χ4n) is 2.35. The minimum Gasteiger partial charge on any atom is -0.497 e. The zero-order valence-electron chi connectivity index (χ0n) is 14.0. The molecule has 0 saturated carbocycles. The third-order valence-electron chi connectivity index (χ3n) is 4.05. The van der Waals surface area contributed by atoms with Crippen molar-refractivity contribution in [2.75, 3.05) is 7.11 Å². The molecule has 126 valence electrons. The maximum Gasteiger partial charge on any atom is 0.257 e. The van der Waals surface area contributed by atoms with Gasteiger partial charge < -0.3 is 14.6 Å². The first-order valence-corrected chi connectivity index (χ1v) is 7.87. The van der Waals surface area contributed by atoms with Gasteiger partial charge in [-0.2, -0.15) is 10.1 Å². The molecule has 3 aromatic rings. The summed E-state index contributed by atoms with van der Waals surface area (Å²) in [6.45, 7) is 4.76. The lowest BCUT2D eigenvalue weighted by Crippen LogP contribution is -2.33. The maximum atomic E-state index is 5.33. The fraction of sp³-hybridized carbons (Fsp3) is 0.353. The molecule has 2 atom stereocenters. The van der Waals surface area contributed by atoms with Crippen molar-refractivity contribution in [2.24, 2.45) is 0 Å². The molecule has 7 heteroatoms. The molecule has 0 unspecified atom stereocenters. The standard InChI is InChI=1S/C17H21N5O2/c1-12(13(2)22-10-4-9-19-22)18-11-16-20-17(24-21-16)14-5-7-15(23-3)8-6-14/h4-10,12-13,18H,11H2,1-3H3/t12-,13-/m1/s1. The molecule has 1 aromatic carbocycles. The van der Waals surface area contributed by atoms with Gasteiger partial charge >= 0.3 is 0 Å². The Morgan fingerprint density at radius 1 is 1.25 bits per heavy atom. The van der Waals surface area contributed by atoms with Crippen molar-refractivity contribution in [3.63, 3.8) is 0 Å². The number of ether oxygens (including phenoxy) is 1. The number of hydrogen-bond acceptors (Lipinski definition) is 6. The lowest BCUT2D eigenvalue weighted by atomic mass is 10.2. The SMILES string of the molecule is COc1ccc(-c2nc(CN[C@H](C)[C@@H](C)n3cccn3)no2)cc1. The number of hydrogen-bond donors (Lipinski definition) is 1. The summed E-state index contributed by atoms with van der Waals surface area (Å²) in [6, 6.07) is 9.89. The van der Waals surface area contributed by atoms with Crippen molar-refractivity contribution >= 4 is 0 Å². The van der Waals surface area contributed by atoms with Crippen LogP contribution >= 0.6 is 0 Å². The van der Waals surface area contributed by atoms with Gasteiger partial charge in [-0.25, -0.2) is 0 Å². The molecule has 3 rings (SSSR count). The average Bonchev–Trinajstić information content (AvgIpc) is 3.31. The van der Waals surface area contributed by atoms with E-state index in [1.54, 1.807) is 13.3 Å². The van der Waals surface area contributed by atoms with Crippen molar-refractivity contribution in [1.29, 1.82) is 0 Å².